The molecule has 0 bridgehead atoms. The van der Waals surface area contributed by atoms with Gasteiger partial charge in [0.05, 0.1) is 6.42 Å². The molecule has 0 aliphatic carbocycles. The highest BCUT2D eigenvalue weighted by Crippen LogP contribution is 2.26. The van der Waals surface area contributed by atoms with Gasteiger partial charge in [0.15, 0.2) is 0 Å². The summed E-state index contributed by atoms with van der Waals surface area (Å²) < 4.78 is 0. The lowest BCUT2D eigenvalue weighted by molar-refractivity contribution is -0.141. The number of carboxylic acids is 2. The van der Waals surface area contributed by atoms with Gasteiger partial charge < -0.3 is 89.6 Å². The van der Waals surface area contributed by atoms with E-state index in [1.807, 2.05) is 0 Å². The van der Waals surface area contributed by atoms with E-state index in [2.05, 4.69) is 52.8 Å². The van der Waals surface area contributed by atoms with Crippen LogP contribution in [0.4, 0.5) is 0 Å². The van der Waals surface area contributed by atoms with Crippen molar-refractivity contribution in [2.24, 2.45) is 17.4 Å². The Morgan fingerprint density at radius 1 is 0.716 bits per heavy atom. The number of nitrogens with two attached hydrogens (primary N) is 2. The second kappa shape index (κ2) is 36.7. The summed E-state index contributed by atoms with van der Waals surface area (Å²) in [5.74, 6) is -14.3. The van der Waals surface area contributed by atoms with Crippen LogP contribution in [0.15, 0.2) is 84.7 Å². The van der Waals surface area contributed by atoms with Crippen molar-refractivity contribution >= 4 is 115 Å². The second-order valence-electron chi connectivity index (χ2n) is 23.1. The SMILES string of the molecule is CC(C)[C@@H]1NC(=O)[C@@H](NC(=O)[C@H](Cc2ccc(O)cc2)NC(=O)[C@H]2CCCN2C(=O)CCN)CSSC[C@@H](C(N)=O)NC(=O)[C@H](CCC(=O)O)NC(=O)/C(=C\c2c[nH]c3ccccc23)NC(=O)[C@H](CC(=O)O)NC(=O)CCCCCNC(=O)[C@H](Cc2ccc(O)cc2)NC1=O. The molecule has 4 aromatic rings. The third-order valence-corrected chi connectivity index (χ3v) is 17.9. The lowest BCUT2D eigenvalue weighted by Gasteiger charge is -2.29. The molecule has 11 amide bonds. The zero-order valence-corrected chi connectivity index (χ0v) is 53.9. The first-order chi connectivity index (χ1) is 45.3. The number of fused-ring (bicyclic) bond motifs is 1. The third-order valence-electron chi connectivity index (χ3n) is 15.4. The van der Waals surface area contributed by atoms with Gasteiger partial charge in [-0.1, -0.05) is 84.3 Å². The summed E-state index contributed by atoms with van der Waals surface area (Å²) in [6.07, 6.45) is 1.33. The van der Waals surface area contributed by atoms with Crippen molar-refractivity contribution in [3.05, 3.63) is 101 Å². The van der Waals surface area contributed by atoms with Gasteiger partial charge in [-0.05, 0) is 85.6 Å². The number of carboxylic acid groups (broad SMARTS) is 2. The third kappa shape index (κ3) is 23.4. The molecule has 3 aromatic carbocycles. The molecular weight excluding hydrogens is 1270 g/mol. The number of hydrogen-bond donors (Lipinski definition) is 16. The van der Waals surface area contributed by atoms with Gasteiger partial charge in [-0.25, -0.2) is 0 Å². The molecule has 18 N–H and O–H groups in total. The molecule has 512 valence electrons. The average Bonchev–Trinajstić information content (AvgIpc) is 1.75. The van der Waals surface area contributed by atoms with Gasteiger partial charge >= 0.3 is 11.9 Å². The number of H-pyrrole nitrogens is 1. The Labute approximate surface area is 554 Å². The zero-order chi connectivity index (χ0) is 69.3. The Morgan fingerprint density at radius 2 is 1.40 bits per heavy atom. The van der Waals surface area contributed by atoms with Gasteiger partial charge in [-0.15, -0.1) is 0 Å². The highest BCUT2D eigenvalue weighted by Gasteiger charge is 2.38. The summed E-state index contributed by atoms with van der Waals surface area (Å²) in [4.78, 5) is 183. The summed E-state index contributed by atoms with van der Waals surface area (Å²) >= 11 is 0. The second-order valence-corrected chi connectivity index (χ2v) is 25.6. The molecule has 2 aliphatic heterocycles. The van der Waals surface area contributed by atoms with Crippen LogP contribution in [-0.2, 0) is 75.2 Å². The molecule has 0 saturated carbocycles. The van der Waals surface area contributed by atoms with E-state index in [1.165, 1.54) is 65.7 Å². The fourth-order valence-corrected chi connectivity index (χ4v) is 12.7. The minimum absolute atomic E-state index is 0.0257. The summed E-state index contributed by atoms with van der Waals surface area (Å²) in [5, 5.41) is 63.5. The van der Waals surface area contributed by atoms with Gasteiger partial charge in [0.1, 0.15) is 65.5 Å². The Bertz CT molecular complexity index is 3460. The van der Waals surface area contributed by atoms with Crippen LogP contribution in [0.25, 0.3) is 17.0 Å². The van der Waals surface area contributed by atoms with E-state index in [4.69, 9.17) is 11.5 Å². The number of phenols is 2. The molecular formula is C63H81N13O17S2. The van der Waals surface area contributed by atoms with E-state index in [1.54, 1.807) is 38.1 Å². The van der Waals surface area contributed by atoms with E-state index in [0.717, 1.165) is 21.6 Å². The molecule has 2 fully saturated rings. The number of carbonyl (C=O) groups excluding carboxylic acids is 11. The highest BCUT2D eigenvalue weighted by molar-refractivity contribution is 8.76. The fourth-order valence-electron chi connectivity index (χ4n) is 10.3. The molecule has 95 heavy (non-hydrogen) atoms. The minimum Gasteiger partial charge on any atom is -0.508 e. The van der Waals surface area contributed by atoms with E-state index >= 15 is 0 Å². The van der Waals surface area contributed by atoms with Crippen LogP contribution in [0.3, 0.4) is 0 Å². The largest absolute Gasteiger partial charge is 0.508 e. The maximum Gasteiger partial charge on any atom is 0.305 e. The molecule has 32 heteroatoms. The molecule has 2 saturated heterocycles. The van der Waals surface area contributed by atoms with Crippen molar-refractivity contribution in [1.29, 1.82) is 0 Å². The molecule has 8 atom stereocenters. The molecule has 6 rings (SSSR count). The average molecular weight is 1360 g/mol. The number of aromatic amines is 1. The number of nitrogens with one attached hydrogen (secondary N) is 10. The predicted molar refractivity (Wildman–Crippen MR) is 350 cm³/mol. The Morgan fingerprint density at radius 3 is 2.06 bits per heavy atom. The molecule has 0 radical (unpaired) electrons. The standard InChI is InChI=1S/C63H81N13O17S2/c1-34(2)54-63(93)72-43(27-35-13-17-38(77)18-14-35)56(86)66-25-7-3-4-12-50(79)68-46(30-53(83)84)60(90)70-45(29-37-31-67-41-10-6-5-9-40(37)41)59(89)69-42(21-22-52(81)82)57(87)73-47(55(65)85)32-94-95-33-48(61(91)75-54)74-58(88)44(28-36-15-19-39(78)20-16-36)71-62(92)49-11-8-26-76(49)51(80)23-24-64/h5-6,9-10,13-20,29,31,34,42-44,46-49,54,67,77-78H,3-4,7-8,11-12,21-28,30,32-33,64H2,1-2H3,(H2,65,85)(H,66,86)(H,68,79)(H,69,89)(H,70,90)(H,71,92)(H,72,93)(H,73,87)(H,74,88)(H,75,91)(H,81,82)(H,83,84)/b45-29+/t42-,43-,44-,46-,47-,48-,49+,54-/m0/s1. The number of para-hydroxylation sites is 1. The number of benzene rings is 3. The van der Waals surface area contributed by atoms with Crippen molar-refractivity contribution < 1.29 is 82.8 Å². The lowest BCUT2D eigenvalue weighted by Crippen LogP contribution is -2.61. The number of aliphatic carboxylic acids is 2. The van der Waals surface area contributed by atoms with Crippen LogP contribution in [0.1, 0.15) is 94.7 Å². The highest BCUT2D eigenvalue weighted by atomic mass is 33.1. The number of phenolic OH excluding ortho intramolecular Hbond substituents is 2. The molecule has 30 nitrogen and oxygen atoms in total. The topological polar surface area (TPSA) is 482 Å². The Hall–Kier alpha value is -9.69. The first-order valence-electron chi connectivity index (χ1n) is 30.8. The summed E-state index contributed by atoms with van der Waals surface area (Å²) in [6.45, 7) is 3.52. The summed E-state index contributed by atoms with van der Waals surface area (Å²) in [6, 6.07) is 6.55. The number of primary amides is 1. The van der Waals surface area contributed by atoms with Crippen LogP contribution in [0, 0.1) is 5.92 Å². The van der Waals surface area contributed by atoms with Gasteiger partial charge in [-0.2, -0.15) is 0 Å². The number of rotatable bonds is 18. The van der Waals surface area contributed by atoms with Crippen LogP contribution < -0.4 is 59.3 Å². The number of carbonyl (C=O) groups is 13. The van der Waals surface area contributed by atoms with Crippen LogP contribution in [-0.4, -0.2) is 187 Å². The number of amides is 11. The molecule has 0 unspecified atom stereocenters. The van der Waals surface area contributed by atoms with Crippen LogP contribution >= 0.6 is 21.6 Å². The van der Waals surface area contributed by atoms with Gasteiger partial charge in [-0.3, -0.25) is 62.3 Å². The summed E-state index contributed by atoms with van der Waals surface area (Å²) in [5.41, 5.74) is 12.8. The van der Waals surface area contributed by atoms with E-state index in [-0.39, 0.29) is 93.5 Å². The van der Waals surface area contributed by atoms with E-state index in [0.29, 0.717) is 40.4 Å². The molecule has 1 aromatic heterocycles. The van der Waals surface area contributed by atoms with Crippen molar-refractivity contribution in [2.45, 2.75) is 139 Å². The number of likely N-dealkylation sites (tertiary alicyclic amines) is 1. The predicted octanol–water partition coefficient (Wildman–Crippen LogP) is -0.193. The summed E-state index contributed by atoms with van der Waals surface area (Å²) in [7, 11) is 1.73. The Balaban J connectivity index is 1.35. The zero-order valence-electron chi connectivity index (χ0n) is 52.3. The number of hydrogen-bond acceptors (Lipinski definition) is 18. The van der Waals surface area contributed by atoms with Gasteiger partial charge in [0.25, 0.3) is 5.91 Å². The first kappa shape index (κ1) is 74.4. The van der Waals surface area contributed by atoms with Gasteiger partial charge in [0.2, 0.25) is 59.1 Å². The first-order valence-corrected chi connectivity index (χ1v) is 33.3. The monoisotopic (exact) mass is 1360 g/mol. The van der Waals surface area contributed by atoms with E-state index in [9.17, 15) is 82.8 Å². The quantitative estimate of drug-likeness (QED) is 0.0453. The molecule has 0 spiro atoms. The van der Waals surface area contributed by atoms with Crippen molar-refractivity contribution in [3.8, 4) is 11.5 Å². The number of aromatic hydroxyl groups is 2. The van der Waals surface area contributed by atoms with Gasteiger partial charge in [0, 0.05) is 85.9 Å². The lowest BCUT2D eigenvalue weighted by atomic mass is 10.0. The van der Waals surface area contributed by atoms with Crippen LogP contribution in [0.2, 0.25) is 0 Å². The molecule has 2 aliphatic rings. The normalized spacial score (nSPS) is 22.1. The Kier molecular flexibility index (Phi) is 28.7. The number of aromatic nitrogens is 1. The van der Waals surface area contributed by atoms with Crippen molar-refractivity contribution in [3.63, 3.8) is 0 Å². The maximum atomic E-state index is 14.8. The van der Waals surface area contributed by atoms with Crippen molar-refractivity contribution in [1.82, 2.24) is 57.7 Å². The smallest absolute Gasteiger partial charge is 0.305 e. The maximum absolute atomic E-state index is 14.8. The fraction of sp³-hybridized carbons (Fsp3) is 0.444. The van der Waals surface area contributed by atoms with Crippen LogP contribution in [0.5, 0.6) is 11.5 Å². The van der Waals surface area contributed by atoms with Crippen molar-refractivity contribution in [2.75, 3.05) is 31.1 Å². The van der Waals surface area contributed by atoms with E-state index < -0.39 is 150 Å². The number of nitrogens with zero attached hydrogens (tertiary/aromatic N) is 1. The minimum atomic E-state index is -1.78. The molecule has 3 heterocycles.